The summed E-state index contributed by atoms with van der Waals surface area (Å²) >= 11 is 0. The molecule has 5 aromatic rings. The SMILES string of the molecule is CCn1c2ccccc2c2cc(NC(=O)CC(C)=NNC(=O)Cc3ccc(-c4ccccc4)cc3)ccc21. The van der Waals surface area contributed by atoms with E-state index in [9.17, 15) is 9.59 Å². The number of nitrogens with zero attached hydrogens (tertiary/aromatic N) is 2. The van der Waals surface area contributed by atoms with E-state index in [0.717, 1.165) is 45.2 Å². The smallest absolute Gasteiger partial charge is 0.244 e. The summed E-state index contributed by atoms with van der Waals surface area (Å²) in [5, 5.41) is 9.36. The van der Waals surface area contributed by atoms with E-state index in [0.29, 0.717) is 5.71 Å². The average molecular weight is 503 g/mol. The Labute approximate surface area is 222 Å². The fraction of sp³-hybridized carbons (Fsp3) is 0.156. The third kappa shape index (κ3) is 5.49. The van der Waals surface area contributed by atoms with Crippen LogP contribution < -0.4 is 10.7 Å². The summed E-state index contributed by atoms with van der Waals surface area (Å²) in [6, 6.07) is 32.3. The molecule has 0 spiro atoms. The Bertz CT molecular complexity index is 1630. The van der Waals surface area contributed by atoms with Crippen LogP contribution in [0.5, 0.6) is 0 Å². The Kier molecular flexibility index (Phi) is 7.31. The van der Waals surface area contributed by atoms with Crippen molar-refractivity contribution in [2.45, 2.75) is 33.2 Å². The van der Waals surface area contributed by atoms with Gasteiger partial charge in [0.05, 0.1) is 12.8 Å². The van der Waals surface area contributed by atoms with E-state index < -0.39 is 0 Å². The molecule has 0 unspecified atom stereocenters. The van der Waals surface area contributed by atoms with Gasteiger partial charge in [0.25, 0.3) is 0 Å². The van der Waals surface area contributed by atoms with Crippen LogP contribution in [0.3, 0.4) is 0 Å². The van der Waals surface area contributed by atoms with Crippen molar-refractivity contribution in [1.82, 2.24) is 9.99 Å². The molecule has 1 aromatic heterocycles. The van der Waals surface area contributed by atoms with Gasteiger partial charge in [-0.1, -0.05) is 72.8 Å². The first-order valence-corrected chi connectivity index (χ1v) is 12.8. The second-order valence-electron chi connectivity index (χ2n) is 9.34. The topological polar surface area (TPSA) is 75.5 Å². The molecule has 6 nitrogen and oxygen atoms in total. The summed E-state index contributed by atoms with van der Waals surface area (Å²) < 4.78 is 2.27. The Balaban J connectivity index is 1.17. The quantitative estimate of drug-likeness (QED) is 0.187. The van der Waals surface area contributed by atoms with E-state index in [1.165, 1.54) is 5.52 Å². The summed E-state index contributed by atoms with van der Waals surface area (Å²) in [6.45, 7) is 4.73. The van der Waals surface area contributed by atoms with Gasteiger partial charge in [0.1, 0.15) is 0 Å². The molecule has 0 saturated heterocycles. The molecule has 2 amide bonds. The van der Waals surface area contributed by atoms with E-state index >= 15 is 0 Å². The molecule has 0 atom stereocenters. The first-order chi connectivity index (χ1) is 18.5. The van der Waals surface area contributed by atoms with Gasteiger partial charge in [-0.3, -0.25) is 9.59 Å². The minimum atomic E-state index is -0.227. The molecule has 0 radical (unpaired) electrons. The van der Waals surface area contributed by atoms with Gasteiger partial charge in [-0.05, 0) is 54.8 Å². The van der Waals surface area contributed by atoms with Gasteiger partial charge in [0, 0.05) is 39.7 Å². The van der Waals surface area contributed by atoms with E-state index in [4.69, 9.17) is 0 Å². The second kappa shape index (κ2) is 11.1. The number of carbonyl (C=O) groups excluding carboxylic acids is 2. The standard InChI is InChI=1S/C32H30N4O2/c1-3-36-29-12-8-7-11-27(29)28-21-26(17-18-30(28)36)33-31(37)19-22(2)34-35-32(38)20-23-13-15-25(16-14-23)24-9-5-4-6-10-24/h4-18,21H,3,19-20H2,1-2H3,(H,33,37)(H,35,38). The van der Waals surface area contributed by atoms with Crippen molar-refractivity contribution >= 4 is 45.0 Å². The summed E-state index contributed by atoms with van der Waals surface area (Å²) in [4.78, 5) is 25.0. The van der Waals surface area contributed by atoms with Crippen LogP contribution >= 0.6 is 0 Å². The van der Waals surface area contributed by atoms with Crippen molar-refractivity contribution in [2.24, 2.45) is 5.10 Å². The number of hydrogen-bond donors (Lipinski definition) is 2. The number of fused-ring (bicyclic) bond motifs is 3. The molecule has 5 rings (SSSR count). The maximum Gasteiger partial charge on any atom is 0.244 e. The van der Waals surface area contributed by atoms with E-state index in [-0.39, 0.29) is 24.7 Å². The molecular formula is C32H30N4O2. The minimum Gasteiger partial charge on any atom is -0.341 e. The highest BCUT2D eigenvalue weighted by Gasteiger charge is 2.12. The third-order valence-electron chi connectivity index (χ3n) is 6.59. The number of hydrazone groups is 1. The van der Waals surface area contributed by atoms with Gasteiger partial charge in [-0.15, -0.1) is 0 Å². The molecule has 1 heterocycles. The van der Waals surface area contributed by atoms with Crippen molar-refractivity contribution < 1.29 is 9.59 Å². The molecule has 0 fully saturated rings. The van der Waals surface area contributed by atoms with Crippen LogP contribution in [0.2, 0.25) is 0 Å². The van der Waals surface area contributed by atoms with Gasteiger partial charge in [-0.2, -0.15) is 5.10 Å². The molecule has 190 valence electrons. The molecule has 4 aromatic carbocycles. The first-order valence-electron chi connectivity index (χ1n) is 12.8. The molecule has 0 saturated carbocycles. The van der Waals surface area contributed by atoms with Gasteiger partial charge in [0.2, 0.25) is 11.8 Å². The highest BCUT2D eigenvalue weighted by atomic mass is 16.2. The number of aryl methyl sites for hydroxylation is 1. The summed E-state index contributed by atoms with van der Waals surface area (Å²) in [5.41, 5.74) is 9.28. The molecule has 0 aliphatic carbocycles. The largest absolute Gasteiger partial charge is 0.341 e. The van der Waals surface area contributed by atoms with Crippen LogP contribution in [0, 0.1) is 0 Å². The zero-order chi connectivity index (χ0) is 26.5. The van der Waals surface area contributed by atoms with Crippen LogP contribution in [-0.2, 0) is 22.6 Å². The van der Waals surface area contributed by atoms with Crippen molar-refractivity contribution in [3.63, 3.8) is 0 Å². The Morgan fingerprint density at radius 1 is 0.763 bits per heavy atom. The van der Waals surface area contributed by atoms with E-state index in [1.54, 1.807) is 6.92 Å². The normalized spacial score (nSPS) is 11.6. The molecule has 0 aliphatic heterocycles. The van der Waals surface area contributed by atoms with Gasteiger partial charge in [-0.25, -0.2) is 5.43 Å². The summed E-state index contributed by atoms with van der Waals surface area (Å²) in [7, 11) is 0. The number of rotatable bonds is 8. The van der Waals surface area contributed by atoms with Crippen LogP contribution in [0.1, 0.15) is 25.8 Å². The zero-order valence-electron chi connectivity index (χ0n) is 21.6. The molecule has 0 bridgehead atoms. The third-order valence-corrected chi connectivity index (χ3v) is 6.59. The number of anilines is 1. The lowest BCUT2D eigenvalue weighted by Crippen LogP contribution is -2.22. The molecule has 0 aliphatic rings. The molecule has 38 heavy (non-hydrogen) atoms. The van der Waals surface area contributed by atoms with Gasteiger partial charge in [0.15, 0.2) is 0 Å². The van der Waals surface area contributed by atoms with Gasteiger partial charge >= 0.3 is 0 Å². The van der Waals surface area contributed by atoms with Crippen LogP contribution in [-0.4, -0.2) is 22.1 Å². The Morgan fingerprint density at radius 2 is 1.45 bits per heavy atom. The minimum absolute atomic E-state index is 0.0841. The maximum absolute atomic E-state index is 12.7. The summed E-state index contributed by atoms with van der Waals surface area (Å²) in [6.07, 6.45) is 0.296. The molecule has 6 heteroatoms. The maximum atomic E-state index is 12.7. The lowest BCUT2D eigenvalue weighted by Gasteiger charge is -2.07. The number of hydrogen-bond acceptors (Lipinski definition) is 3. The predicted octanol–water partition coefficient (Wildman–Crippen LogP) is 6.54. The highest BCUT2D eigenvalue weighted by molar-refractivity contribution is 6.11. The lowest BCUT2D eigenvalue weighted by molar-refractivity contribution is -0.120. The Morgan fingerprint density at radius 3 is 2.21 bits per heavy atom. The van der Waals surface area contributed by atoms with E-state index in [1.807, 2.05) is 72.8 Å². The number of nitrogens with one attached hydrogen (secondary N) is 2. The summed E-state index contributed by atoms with van der Waals surface area (Å²) in [5.74, 6) is -0.412. The van der Waals surface area contributed by atoms with E-state index in [2.05, 4.69) is 51.6 Å². The number of aromatic nitrogens is 1. The lowest BCUT2D eigenvalue weighted by atomic mass is 10.0. The van der Waals surface area contributed by atoms with Crippen LogP contribution in [0.4, 0.5) is 5.69 Å². The average Bonchev–Trinajstić information content (AvgIpc) is 3.25. The fourth-order valence-corrected chi connectivity index (χ4v) is 4.78. The monoisotopic (exact) mass is 502 g/mol. The van der Waals surface area contributed by atoms with Crippen LogP contribution in [0.25, 0.3) is 32.9 Å². The van der Waals surface area contributed by atoms with Gasteiger partial charge < -0.3 is 9.88 Å². The first kappa shape index (κ1) is 25.0. The van der Waals surface area contributed by atoms with Crippen molar-refractivity contribution in [2.75, 3.05) is 5.32 Å². The number of para-hydroxylation sites is 1. The Hall–Kier alpha value is -4.71. The fourth-order valence-electron chi connectivity index (χ4n) is 4.78. The van der Waals surface area contributed by atoms with Crippen molar-refractivity contribution in [1.29, 1.82) is 0 Å². The second-order valence-corrected chi connectivity index (χ2v) is 9.34. The molecular weight excluding hydrogens is 472 g/mol. The number of benzene rings is 4. The number of amides is 2. The van der Waals surface area contributed by atoms with Crippen LogP contribution in [0.15, 0.2) is 102 Å². The van der Waals surface area contributed by atoms with Crippen molar-refractivity contribution in [3.05, 3.63) is 103 Å². The predicted molar refractivity (Wildman–Crippen MR) is 155 cm³/mol. The molecule has 2 N–H and O–H groups in total. The highest BCUT2D eigenvalue weighted by Crippen LogP contribution is 2.31. The zero-order valence-corrected chi connectivity index (χ0v) is 21.6. The number of carbonyl (C=O) groups is 2. The van der Waals surface area contributed by atoms with Crippen molar-refractivity contribution in [3.8, 4) is 11.1 Å².